The summed E-state index contributed by atoms with van der Waals surface area (Å²) in [6.07, 6.45) is 1.56. The van der Waals surface area contributed by atoms with Crippen molar-refractivity contribution in [3.05, 3.63) is 64.2 Å². The second-order valence-electron chi connectivity index (χ2n) is 6.66. The van der Waals surface area contributed by atoms with Crippen molar-refractivity contribution in [2.24, 2.45) is 11.0 Å². The zero-order valence-electron chi connectivity index (χ0n) is 16.3. The van der Waals surface area contributed by atoms with Crippen LogP contribution in [0.1, 0.15) is 35.3 Å². The fourth-order valence-electron chi connectivity index (χ4n) is 2.54. The highest BCUT2D eigenvalue weighted by atomic mass is 35.5. The van der Waals surface area contributed by atoms with E-state index in [0.717, 1.165) is 16.9 Å². The highest BCUT2D eigenvalue weighted by molar-refractivity contribution is 6.31. The number of carbonyl (C=O) groups is 2. The van der Waals surface area contributed by atoms with Crippen LogP contribution in [0.5, 0.6) is 5.75 Å². The fourth-order valence-corrected chi connectivity index (χ4v) is 2.73. The van der Waals surface area contributed by atoms with E-state index in [4.69, 9.17) is 16.3 Å². The van der Waals surface area contributed by atoms with Gasteiger partial charge in [-0.2, -0.15) is 5.10 Å². The number of aryl methyl sites for hydroxylation is 1. The van der Waals surface area contributed by atoms with Crippen molar-refractivity contribution in [1.29, 1.82) is 0 Å². The molecule has 0 spiro atoms. The molecule has 0 aliphatic rings. The lowest BCUT2D eigenvalue weighted by molar-refractivity contribution is -0.123. The zero-order valence-corrected chi connectivity index (χ0v) is 17.1. The van der Waals surface area contributed by atoms with Crippen molar-refractivity contribution < 1.29 is 14.3 Å². The summed E-state index contributed by atoms with van der Waals surface area (Å²) < 4.78 is 5.17. The number of hydrogen-bond acceptors (Lipinski definition) is 4. The summed E-state index contributed by atoms with van der Waals surface area (Å²) >= 11 is 5.92. The van der Waals surface area contributed by atoms with Crippen molar-refractivity contribution in [2.45, 2.75) is 26.8 Å². The van der Waals surface area contributed by atoms with E-state index in [9.17, 15) is 9.59 Å². The van der Waals surface area contributed by atoms with Gasteiger partial charge in [0, 0.05) is 10.6 Å². The molecule has 0 saturated heterocycles. The molecule has 0 saturated carbocycles. The Bertz CT molecular complexity index is 881. The van der Waals surface area contributed by atoms with Crippen LogP contribution >= 0.6 is 11.6 Å². The number of hydrogen-bond donors (Lipinski definition) is 2. The van der Waals surface area contributed by atoms with E-state index < -0.39 is 11.9 Å². The Morgan fingerprint density at radius 3 is 2.54 bits per heavy atom. The van der Waals surface area contributed by atoms with Gasteiger partial charge in [-0.3, -0.25) is 9.59 Å². The van der Waals surface area contributed by atoms with Crippen molar-refractivity contribution in [2.75, 3.05) is 7.11 Å². The van der Waals surface area contributed by atoms with E-state index in [1.165, 1.54) is 0 Å². The van der Waals surface area contributed by atoms with Crippen molar-refractivity contribution in [3.8, 4) is 5.75 Å². The number of carbonyl (C=O) groups excluding carboxylic acids is 2. The van der Waals surface area contributed by atoms with Crippen LogP contribution in [0.15, 0.2) is 47.6 Å². The molecule has 0 radical (unpaired) electrons. The molecule has 2 aromatic rings. The standard InChI is InChI=1S/C21H24ClN3O3/c1-13(2)19(24-20(26)15-6-5-7-17(22)11-15)21(27)25-23-12-16-8-9-18(28-4)10-14(16)3/h5-13,19H,1-4H3,(H,24,26)(H,25,27). The molecule has 7 heteroatoms. The SMILES string of the molecule is COc1ccc(C=NNC(=O)C(NC(=O)c2cccc(Cl)c2)C(C)C)c(C)c1. The van der Waals surface area contributed by atoms with Gasteiger partial charge in [0.1, 0.15) is 11.8 Å². The molecule has 0 aliphatic carbocycles. The molecule has 2 N–H and O–H groups in total. The minimum atomic E-state index is -0.736. The van der Waals surface area contributed by atoms with Gasteiger partial charge in [-0.1, -0.05) is 31.5 Å². The van der Waals surface area contributed by atoms with E-state index in [-0.39, 0.29) is 11.8 Å². The van der Waals surface area contributed by atoms with Crippen LogP contribution in [0.4, 0.5) is 0 Å². The molecule has 6 nitrogen and oxygen atoms in total. The Morgan fingerprint density at radius 2 is 1.93 bits per heavy atom. The second kappa shape index (κ2) is 9.90. The molecule has 2 amide bonds. The molecule has 28 heavy (non-hydrogen) atoms. The molecule has 1 atom stereocenters. The zero-order chi connectivity index (χ0) is 20.7. The Hall–Kier alpha value is -2.86. The van der Waals surface area contributed by atoms with E-state index in [0.29, 0.717) is 10.6 Å². The Balaban J connectivity index is 2.03. The molecule has 0 heterocycles. The van der Waals surface area contributed by atoms with E-state index >= 15 is 0 Å². The van der Waals surface area contributed by atoms with Gasteiger partial charge < -0.3 is 10.1 Å². The largest absolute Gasteiger partial charge is 0.497 e. The Labute approximate surface area is 169 Å². The number of ether oxygens (including phenoxy) is 1. The molecule has 1 unspecified atom stereocenters. The monoisotopic (exact) mass is 401 g/mol. The topological polar surface area (TPSA) is 79.8 Å². The van der Waals surface area contributed by atoms with Crippen LogP contribution in [-0.2, 0) is 4.79 Å². The summed E-state index contributed by atoms with van der Waals surface area (Å²) in [4.78, 5) is 24.9. The molecule has 2 aromatic carbocycles. The average Bonchev–Trinajstić information content (AvgIpc) is 2.66. The molecule has 2 rings (SSSR count). The summed E-state index contributed by atoms with van der Waals surface area (Å²) in [5.41, 5.74) is 4.70. The van der Waals surface area contributed by atoms with Gasteiger partial charge in [-0.15, -0.1) is 0 Å². The lowest BCUT2D eigenvalue weighted by Crippen LogP contribution is -2.48. The highest BCUT2D eigenvalue weighted by Crippen LogP contribution is 2.15. The Kier molecular flexibility index (Phi) is 7.58. The molecule has 0 fully saturated rings. The predicted octanol–water partition coefficient (Wildman–Crippen LogP) is 3.56. The van der Waals surface area contributed by atoms with Gasteiger partial charge in [0.2, 0.25) is 0 Å². The first-order valence-corrected chi connectivity index (χ1v) is 9.23. The van der Waals surface area contributed by atoms with Crippen LogP contribution in [-0.4, -0.2) is 31.2 Å². The van der Waals surface area contributed by atoms with E-state index in [1.54, 1.807) is 37.6 Å². The van der Waals surface area contributed by atoms with Crippen LogP contribution in [0.25, 0.3) is 0 Å². The van der Waals surface area contributed by atoms with E-state index in [2.05, 4.69) is 15.8 Å². The lowest BCUT2D eigenvalue weighted by atomic mass is 10.0. The molecule has 148 valence electrons. The minimum absolute atomic E-state index is 0.124. The Morgan fingerprint density at radius 1 is 1.18 bits per heavy atom. The third kappa shape index (κ3) is 5.82. The fraction of sp³-hybridized carbons (Fsp3) is 0.286. The number of nitrogens with one attached hydrogen (secondary N) is 2. The number of methoxy groups -OCH3 is 1. The average molecular weight is 402 g/mol. The first kappa shape index (κ1) is 21.4. The van der Waals surface area contributed by atoms with Gasteiger partial charge in [0.05, 0.1) is 13.3 Å². The number of amides is 2. The summed E-state index contributed by atoms with van der Waals surface area (Å²) in [6.45, 7) is 5.62. The maximum absolute atomic E-state index is 12.5. The normalized spacial score (nSPS) is 12.1. The van der Waals surface area contributed by atoms with Crippen LogP contribution in [0, 0.1) is 12.8 Å². The number of hydrazone groups is 1. The first-order valence-electron chi connectivity index (χ1n) is 8.85. The third-order valence-corrected chi connectivity index (χ3v) is 4.41. The van der Waals surface area contributed by atoms with Gasteiger partial charge >= 0.3 is 0 Å². The lowest BCUT2D eigenvalue weighted by Gasteiger charge is -2.20. The van der Waals surface area contributed by atoms with E-state index in [1.807, 2.05) is 39.0 Å². The highest BCUT2D eigenvalue weighted by Gasteiger charge is 2.24. The summed E-state index contributed by atoms with van der Waals surface area (Å²) in [7, 11) is 1.60. The third-order valence-electron chi connectivity index (χ3n) is 4.18. The molecule has 0 aliphatic heterocycles. The van der Waals surface area contributed by atoms with Gasteiger partial charge in [-0.25, -0.2) is 5.43 Å². The van der Waals surface area contributed by atoms with Crippen LogP contribution in [0.2, 0.25) is 5.02 Å². The van der Waals surface area contributed by atoms with Gasteiger partial charge in [0.25, 0.3) is 11.8 Å². The maximum Gasteiger partial charge on any atom is 0.262 e. The smallest absolute Gasteiger partial charge is 0.262 e. The summed E-state index contributed by atoms with van der Waals surface area (Å²) in [5.74, 6) is -0.137. The van der Waals surface area contributed by atoms with Crippen LogP contribution < -0.4 is 15.5 Å². The number of benzene rings is 2. The molecular weight excluding hydrogens is 378 g/mol. The quantitative estimate of drug-likeness (QED) is 0.550. The predicted molar refractivity (Wildman–Crippen MR) is 111 cm³/mol. The summed E-state index contributed by atoms with van der Waals surface area (Å²) in [5, 5.41) is 7.21. The maximum atomic E-state index is 12.5. The molecule has 0 aromatic heterocycles. The van der Waals surface area contributed by atoms with Crippen molar-refractivity contribution in [3.63, 3.8) is 0 Å². The number of rotatable bonds is 7. The number of halogens is 1. The summed E-state index contributed by atoms with van der Waals surface area (Å²) in [6, 6.07) is 11.4. The van der Waals surface area contributed by atoms with Crippen LogP contribution in [0.3, 0.4) is 0 Å². The molecular formula is C21H24ClN3O3. The van der Waals surface area contributed by atoms with Crippen molar-refractivity contribution >= 4 is 29.6 Å². The second-order valence-corrected chi connectivity index (χ2v) is 7.10. The first-order chi connectivity index (χ1) is 13.3. The number of nitrogens with zero attached hydrogens (tertiary/aromatic N) is 1. The van der Waals surface area contributed by atoms with Gasteiger partial charge in [0.15, 0.2) is 0 Å². The molecule has 0 bridgehead atoms. The van der Waals surface area contributed by atoms with Gasteiger partial charge in [-0.05, 0) is 60.4 Å². The van der Waals surface area contributed by atoms with Crippen molar-refractivity contribution in [1.82, 2.24) is 10.7 Å². The minimum Gasteiger partial charge on any atom is -0.497 e.